The molecule has 0 aliphatic carbocycles. The number of amides is 1. The van der Waals surface area contributed by atoms with Crippen molar-refractivity contribution in [3.63, 3.8) is 0 Å². The maximum Gasteiger partial charge on any atom is 0.316 e. The van der Waals surface area contributed by atoms with Crippen molar-refractivity contribution in [2.45, 2.75) is 40.7 Å². The maximum atomic E-state index is 12.4. The minimum Gasteiger partial charge on any atom is -0.457 e. The van der Waals surface area contributed by atoms with Crippen molar-refractivity contribution >= 4 is 35.2 Å². The van der Waals surface area contributed by atoms with Crippen molar-refractivity contribution in [1.82, 2.24) is 9.72 Å². The molecule has 0 aromatic carbocycles. The highest BCUT2D eigenvalue weighted by atomic mass is 32.2. The second kappa shape index (κ2) is 9.59. The van der Waals surface area contributed by atoms with Gasteiger partial charge in [-0.25, -0.2) is 0 Å². The van der Waals surface area contributed by atoms with Gasteiger partial charge in [-0.1, -0.05) is 5.16 Å². The van der Waals surface area contributed by atoms with Crippen molar-refractivity contribution in [3.8, 4) is 0 Å². The Morgan fingerprint density at radius 3 is 2.50 bits per heavy atom. The largest absolute Gasteiger partial charge is 0.457 e. The van der Waals surface area contributed by atoms with E-state index >= 15 is 0 Å². The molecule has 2 heterocycles. The summed E-state index contributed by atoms with van der Waals surface area (Å²) in [6.45, 7) is 9.32. The summed E-state index contributed by atoms with van der Waals surface area (Å²) in [6.07, 6.45) is 0. The lowest BCUT2D eigenvalue weighted by atomic mass is 10.1. The van der Waals surface area contributed by atoms with Gasteiger partial charge in [0.15, 0.2) is 12.4 Å². The fourth-order valence-electron chi connectivity index (χ4n) is 2.95. The Hall–Kier alpha value is -2.55. The average Bonchev–Trinajstić information content (AvgIpc) is 3.14. The van der Waals surface area contributed by atoms with Crippen LogP contribution in [-0.4, -0.2) is 45.5 Å². The molecule has 28 heavy (non-hydrogen) atoms. The third-order valence-electron chi connectivity index (χ3n) is 4.01. The molecule has 1 amide bonds. The Morgan fingerprint density at radius 2 is 1.93 bits per heavy atom. The Balaban J connectivity index is 1.74. The molecule has 8 nitrogen and oxygen atoms in total. The van der Waals surface area contributed by atoms with E-state index < -0.39 is 5.97 Å². The zero-order chi connectivity index (χ0) is 20.8. The molecule has 2 rings (SSSR count). The molecule has 2 aromatic rings. The normalized spacial score (nSPS) is 10.9. The Morgan fingerprint density at radius 1 is 1.21 bits per heavy atom. The van der Waals surface area contributed by atoms with Crippen LogP contribution < -0.4 is 5.32 Å². The summed E-state index contributed by atoms with van der Waals surface area (Å²) in [4.78, 5) is 36.0. The molecule has 1 N–H and O–H groups in total. The minimum absolute atomic E-state index is 0.0242. The van der Waals surface area contributed by atoms with Crippen molar-refractivity contribution in [2.24, 2.45) is 0 Å². The highest BCUT2D eigenvalue weighted by Crippen LogP contribution is 2.20. The topological polar surface area (TPSA) is 103 Å². The smallest absolute Gasteiger partial charge is 0.316 e. The predicted octanol–water partition coefficient (Wildman–Crippen LogP) is 3.08. The van der Waals surface area contributed by atoms with Gasteiger partial charge in [-0.2, -0.15) is 0 Å². The molecule has 152 valence electrons. The second-order valence-corrected chi connectivity index (χ2v) is 7.68. The fraction of sp³-hybridized carbons (Fsp3) is 0.474. The van der Waals surface area contributed by atoms with Gasteiger partial charge in [0.1, 0.15) is 5.76 Å². The monoisotopic (exact) mass is 407 g/mol. The number of thioether (sulfide) groups is 1. The number of ether oxygens (including phenoxy) is 1. The molecule has 0 saturated carbocycles. The first-order valence-corrected chi connectivity index (χ1v) is 10.0. The van der Waals surface area contributed by atoms with E-state index in [0.717, 1.165) is 23.1 Å². The minimum atomic E-state index is -0.541. The molecular weight excluding hydrogens is 382 g/mol. The number of nitrogens with one attached hydrogen (secondary N) is 1. The Kier molecular flexibility index (Phi) is 7.45. The van der Waals surface area contributed by atoms with Crippen molar-refractivity contribution in [3.05, 3.63) is 34.8 Å². The summed E-state index contributed by atoms with van der Waals surface area (Å²) >= 11 is 1.10. The summed E-state index contributed by atoms with van der Waals surface area (Å²) in [7, 11) is 0. The third-order valence-corrected chi connectivity index (χ3v) is 4.92. The van der Waals surface area contributed by atoms with E-state index in [1.54, 1.807) is 13.0 Å². The molecule has 2 aromatic heterocycles. The van der Waals surface area contributed by atoms with Gasteiger partial charge in [0.05, 0.1) is 11.5 Å². The van der Waals surface area contributed by atoms with Gasteiger partial charge in [0.2, 0.25) is 11.7 Å². The zero-order valence-electron chi connectivity index (χ0n) is 16.7. The fourth-order valence-corrected chi connectivity index (χ4v) is 3.56. The Labute approximate surface area is 168 Å². The first-order chi connectivity index (χ1) is 13.2. The number of aromatic nitrogens is 2. The van der Waals surface area contributed by atoms with Crippen LogP contribution in [0.4, 0.5) is 5.82 Å². The number of hydrogen-bond acceptors (Lipinski definition) is 7. The molecule has 0 spiro atoms. The highest BCUT2D eigenvalue weighted by molar-refractivity contribution is 8.00. The van der Waals surface area contributed by atoms with Crippen LogP contribution in [0, 0.1) is 20.8 Å². The summed E-state index contributed by atoms with van der Waals surface area (Å²) in [6, 6.07) is 3.65. The number of rotatable bonds is 9. The number of ketones is 1. The molecule has 0 saturated heterocycles. The molecule has 0 aliphatic heterocycles. The molecule has 9 heteroatoms. The van der Waals surface area contributed by atoms with E-state index in [1.807, 2.05) is 33.8 Å². The molecule has 0 atom stereocenters. The quantitative estimate of drug-likeness (QED) is 0.503. The van der Waals surface area contributed by atoms with Crippen LogP contribution in [0.3, 0.4) is 0 Å². The molecule has 0 bridgehead atoms. The lowest BCUT2D eigenvalue weighted by Crippen LogP contribution is -2.18. The first-order valence-electron chi connectivity index (χ1n) is 8.87. The molecular formula is C19H25N3O5S. The predicted molar refractivity (Wildman–Crippen MR) is 107 cm³/mol. The number of anilines is 1. The van der Waals surface area contributed by atoms with Gasteiger partial charge >= 0.3 is 5.97 Å². The number of esters is 1. The first kappa shape index (κ1) is 21.7. The van der Waals surface area contributed by atoms with Crippen LogP contribution in [-0.2, 0) is 14.3 Å². The number of hydrogen-bond donors (Lipinski definition) is 1. The van der Waals surface area contributed by atoms with Gasteiger partial charge in [-0.15, -0.1) is 11.8 Å². The summed E-state index contributed by atoms with van der Waals surface area (Å²) < 4.78 is 12.0. The van der Waals surface area contributed by atoms with E-state index in [2.05, 4.69) is 15.0 Å². The number of Topliss-reactive ketones (excluding diaryl/α,β-unsaturated/α-hetero) is 1. The van der Waals surface area contributed by atoms with E-state index in [4.69, 9.17) is 9.26 Å². The van der Waals surface area contributed by atoms with Crippen LogP contribution in [0.15, 0.2) is 16.7 Å². The number of aryl methyl sites for hydroxylation is 2. The standard InChI is InChI=1S/C19H25N3O5S/c1-11(2)22-12(3)6-15(14(22)5)16(23)8-26-19(25)10-28-9-18(24)20-17-7-13(4)27-21-17/h6-7,11H,8-10H2,1-5H3,(H,20,21,24). The van der Waals surface area contributed by atoms with E-state index in [1.165, 1.54) is 0 Å². The van der Waals surface area contributed by atoms with Gasteiger partial charge in [-0.05, 0) is 40.7 Å². The van der Waals surface area contributed by atoms with E-state index in [0.29, 0.717) is 17.1 Å². The lowest BCUT2D eigenvalue weighted by molar-refractivity contribution is -0.139. The maximum absolute atomic E-state index is 12.4. The third kappa shape index (κ3) is 5.72. The van der Waals surface area contributed by atoms with Gasteiger partial charge in [0, 0.05) is 29.1 Å². The summed E-state index contributed by atoms with van der Waals surface area (Å²) in [5.41, 5.74) is 2.42. The molecule has 0 radical (unpaired) electrons. The van der Waals surface area contributed by atoms with Crippen molar-refractivity contribution in [2.75, 3.05) is 23.4 Å². The number of carbonyl (C=O) groups is 3. The van der Waals surface area contributed by atoms with Gasteiger partial charge in [0.25, 0.3) is 0 Å². The summed E-state index contributed by atoms with van der Waals surface area (Å²) in [5, 5.41) is 6.21. The van der Waals surface area contributed by atoms with Gasteiger partial charge in [-0.3, -0.25) is 14.4 Å². The van der Waals surface area contributed by atoms with E-state index in [-0.39, 0.29) is 35.8 Å². The second-order valence-electron chi connectivity index (χ2n) is 6.70. The SMILES string of the molecule is Cc1cc(NC(=O)CSCC(=O)OCC(=O)c2cc(C)n(C(C)C)c2C)no1. The van der Waals surface area contributed by atoms with Crippen LogP contribution >= 0.6 is 11.8 Å². The lowest BCUT2D eigenvalue weighted by Gasteiger charge is -2.13. The van der Waals surface area contributed by atoms with E-state index in [9.17, 15) is 14.4 Å². The van der Waals surface area contributed by atoms with Crippen LogP contribution in [0.1, 0.15) is 47.4 Å². The molecule has 0 fully saturated rings. The Bertz CT molecular complexity index is 869. The summed E-state index contributed by atoms with van der Waals surface area (Å²) in [5.74, 6) is -0.129. The highest BCUT2D eigenvalue weighted by Gasteiger charge is 2.18. The number of nitrogens with zero attached hydrogens (tertiary/aromatic N) is 2. The van der Waals surface area contributed by atoms with Gasteiger partial charge < -0.3 is 19.1 Å². The number of carbonyl (C=O) groups excluding carboxylic acids is 3. The van der Waals surface area contributed by atoms with Crippen LogP contribution in [0.25, 0.3) is 0 Å². The molecule has 0 unspecified atom stereocenters. The van der Waals surface area contributed by atoms with Crippen LogP contribution in [0.2, 0.25) is 0 Å². The zero-order valence-corrected chi connectivity index (χ0v) is 17.5. The van der Waals surface area contributed by atoms with Crippen LogP contribution in [0.5, 0.6) is 0 Å². The molecule has 0 aliphatic rings. The van der Waals surface area contributed by atoms with Crippen molar-refractivity contribution < 1.29 is 23.6 Å². The van der Waals surface area contributed by atoms with Crippen molar-refractivity contribution in [1.29, 1.82) is 0 Å². The average molecular weight is 407 g/mol.